The van der Waals surface area contributed by atoms with Crippen molar-refractivity contribution in [3.8, 4) is 11.5 Å². The first-order valence-corrected chi connectivity index (χ1v) is 7.41. The summed E-state index contributed by atoms with van der Waals surface area (Å²) in [5, 5.41) is 10.2. The van der Waals surface area contributed by atoms with Crippen molar-refractivity contribution >= 4 is 5.91 Å². The Morgan fingerprint density at radius 3 is 2.87 bits per heavy atom. The number of likely N-dealkylation sites (tertiary alicyclic amines) is 1. The Kier molecular flexibility index (Phi) is 4.14. The van der Waals surface area contributed by atoms with Gasteiger partial charge in [0, 0.05) is 18.7 Å². The van der Waals surface area contributed by atoms with Gasteiger partial charge < -0.3 is 15.3 Å². The number of benzene rings is 1. The Morgan fingerprint density at radius 2 is 2.17 bits per heavy atom. The number of hydrogen-bond donors (Lipinski definition) is 2. The summed E-state index contributed by atoms with van der Waals surface area (Å²) in [5.74, 6) is -0.615. The molecule has 23 heavy (non-hydrogen) atoms. The highest BCUT2D eigenvalue weighted by Crippen LogP contribution is 2.24. The standard InChI is InChI=1S/C16H18FN3O3/c17-12-4-2-11(3-5-12)14-19-13(9-23-14)8-20-7-1-6-16(22,10-20)15(18)21/h2-5,9,22H,1,6-8,10H2,(H2,18,21). The third-order valence-electron chi connectivity index (χ3n) is 4.04. The van der Waals surface area contributed by atoms with Crippen LogP contribution < -0.4 is 5.73 Å². The molecule has 2 aromatic rings. The fourth-order valence-electron chi connectivity index (χ4n) is 2.79. The van der Waals surface area contributed by atoms with Gasteiger partial charge in [0.25, 0.3) is 5.91 Å². The van der Waals surface area contributed by atoms with Crippen LogP contribution in [0.5, 0.6) is 0 Å². The number of rotatable bonds is 4. The van der Waals surface area contributed by atoms with Crippen molar-refractivity contribution in [1.82, 2.24) is 9.88 Å². The number of amides is 1. The van der Waals surface area contributed by atoms with Gasteiger partial charge in [-0.1, -0.05) is 0 Å². The zero-order valence-corrected chi connectivity index (χ0v) is 12.5. The Labute approximate surface area is 132 Å². The van der Waals surface area contributed by atoms with Crippen LogP contribution in [0.1, 0.15) is 18.5 Å². The zero-order chi connectivity index (χ0) is 16.4. The monoisotopic (exact) mass is 319 g/mol. The minimum absolute atomic E-state index is 0.182. The van der Waals surface area contributed by atoms with Crippen molar-refractivity contribution in [2.45, 2.75) is 25.0 Å². The molecule has 1 aliphatic rings. The fourth-order valence-corrected chi connectivity index (χ4v) is 2.79. The summed E-state index contributed by atoms with van der Waals surface area (Å²) in [5.41, 5.74) is 5.15. The van der Waals surface area contributed by atoms with Gasteiger partial charge in [-0.15, -0.1) is 0 Å². The SMILES string of the molecule is NC(=O)C1(O)CCCN(Cc2coc(-c3ccc(F)cc3)n2)C1. The van der Waals surface area contributed by atoms with E-state index in [2.05, 4.69) is 4.98 Å². The van der Waals surface area contributed by atoms with Gasteiger partial charge in [-0.25, -0.2) is 9.37 Å². The number of aliphatic hydroxyl groups is 1. The topological polar surface area (TPSA) is 92.6 Å². The minimum atomic E-state index is -1.48. The molecule has 6 nitrogen and oxygen atoms in total. The van der Waals surface area contributed by atoms with Crippen molar-refractivity contribution < 1.29 is 18.7 Å². The van der Waals surface area contributed by atoms with E-state index < -0.39 is 11.5 Å². The zero-order valence-electron chi connectivity index (χ0n) is 12.5. The largest absolute Gasteiger partial charge is 0.444 e. The van der Waals surface area contributed by atoms with E-state index >= 15 is 0 Å². The Morgan fingerprint density at radius 1 is 1.43 bits per heavy atom. The van der Waals surface area contributed by atoms with E-state index in [9.17, 15) is 14.3 Å². The van der Waals surface area contributed by atoms with E-state index in [1.807, 2.05) is 4.90 Å². The summed E-state index contributed by atoms with van der Waals surface area (Å²) >= 11 is 0. The van der Waals surface area contributed by atoms with Gasteiger partial charge in [0.15, 0.2) is 5.60 Å². The van der Waals surface area contributed by atoms with E-state index in [4.69, 9.17) is 10.2 Å². The van der Waals surface area contributed by atoms with Crippen LogP contribution in [0.2, 0.25) is 0 Å². The summed E-state index contributed by atoms with van der Waals surface area (Å²) in [6, 6.07) is 5.88. The smallest absolute Gasteiger partial charge is 0.250 e. The number of oxazole rings is 1. The number of β-amino-alcohol motifs (C(OH)–C–C–N with tert-alkyl or cyclic N) is 1. The number of carbonyl (C=O) groups is 1. The molecule has 122 valence electrons. The Balaban J connectivity index is 1.69. The summed E-state index contributed by atoms with van der Waals surface area (Å²) in [4.78, 5) is 17.7. The molecule has 1 amide bonds. The number of nitrogens with two attached hydrogens (primary N) is 1. The van der Waals surface area contributed by atoms with Gasteiger partial charge in [0.1, 0.15) is 12.1 Å². The van der Waals surface area contributed by atoms with E-state index in [0.717, 1.165) is 6.54 Å². The van der Waals surface area contributed by atoms with Crippen LogP contribution in [0.3, 0.4) is 0 Å². The van der Waals surface area contributed by atoms with Gasteiger partial charge in [-0.2, -0.15) is 0 Å². The molecular formula is C16H18FN3O3. The molecule has 0 aliphatic carbocycles. The quantitative estimate of drug-likeness (QED) is 0.886. The van der Waals surface area contributed by atoms with Crippen molar-refractivity contribution in [3.63, 3.8) is 0 Å². The van der Waals surface area contributed by atoms with Crippen LogP contribution >= 0.6 is 0 Å². The Bertz CT molecular complexity index is 701. The van der Waals surface area contributed by atoms with Crippen molar-refractivity contribution in [2.75, 3.05) is 13.1 Å². The molecule has 0 radical (unpaired) electrons. The first kappa shape index (κ1) is 15.6. The van der Waals surface area contributed by atoms with Crippen molar-refractivity contribution in [1.29, 1.82) is 0 Å². The molecule has 3 rings (SSSR count). The van der Waals surface area contributed by atoms with E-state index in [1.165, 1.54) is 18.4 Å². The molecule has 0 bridgehead atoms. The number of nitrogens with zero attached hydrogens (tertiary/aromatic N) is 2. The lowest BCUT2D eigenvalue weighted by molar-refractivity contribution is -0.142. The molecule has 3 N–H and O–H groups in total. The van der Waals surface area contributed by atoms with Gasteiger partial charge in [0.05, 0.1) is 5.69 Å². The number of piperidine rings is 1. The number of aromatic nitrogens is 1. The first-order chi connectivity index (χ1) is 11.0. The second-order valence-electron chi connectivity index (χ2n) is 5.86. The predicted molar refractivity (Wildman–Crippen MR) is 80.6 cm³/mol. The molecule has 1 saturated heterocycles. The lowest BCUT2D eigenvalue weighted by Gasteiger charge is -2.36. The van der Waals surface area contributed by atoms with E-state index in [0.29, 0.717) is 36.5 Å². The highest BCUT2D eigenvalue weighted by Gasteiger charge is 2.38. The Hall–Kier alpha value is -2.25. The van der Waals surface area contributed by atoms with Crippen LogP contribution in [0, 0.1) is 5.82 Å². The maximum atomic E-state index is 12.9. The van der Waals surface area contributed by atoms with E-state index in [1.54, 1.807) is 12.1 Å². The summed E-state index contributed by atoms with van der Waals surface area (Å²) in [6.07, 6.45) is 2.58. The molecule has 1 unspecified atom stereocenters. The number of halogens is 1. The second-order valence-corrected chi connectivity index (χ2v) is 5.86. The molecule has 1 aromatic carbocycles. The molecule has 1 atom stereocenters. The predicted octanol–water partition coefficient (Wildman–Crippen LogP) is 1.29. The molecule has 1 fully saturated rings. The average Bonchev–Trinajstić information content (AvgIpc) is 2.96. The molecular weight excluding hydrogens is 301 g/mol. The molecule has 1 aliphatic heterocycles. The third-order valence-corrected chi connectivity index (χ3v) is 4.04. The minimum Gasteiger partial charge on any atom is -0.444 e. The average molecular weight is 319 g/mol. The number of primary amides is 1. The number of hydrogen-bond acceptors (Lipinski definition) is 5. The highest BCUT2D eigenvalue weighted by molar-refractivity contribution is 5.83. The normalized spacial score (nSPS) is 22.2. The maximum Gasteiger partial charge on any atom is 0.250 e. The lowest BCUT2D eigenvalue weighted by atomic mass is 9.92. The maximum absolute atomic E-state index is 12.9. The highest BCUT2D eigenvalue weighted by atomic mass is 19.1. The molecule has 2 heterocycles. The van der Waals surface area contributed by atoms with Gasteiger partial charge in [0.2, 0.25) is 5.89 Å². The molecule has 7 heteroatoms. The van der Waals surface area contributed by atoms with Gasteiger partial charge in [-0.3, -0.25) is 9.69 Å². The van der Waals surface area contributed by atoms with E-state index in [-0.39, 0.29) is 12.4 Å². The molecule has 1 aromatic heterocycles. The summed E-state index contributed by atoms with van der Waals surface area (Å²) < 4.78 is 18.4. The van der Waals surface area contributed by atoms with Crippen LogP contribution in [0.4, 0.5) is 4.39 Å². The molecule has 0 saturated carbocycles. The van der Waals surface area contributed by atoms with Gasteiger partial charge in [-0.05, 0) is 43.7 Å². The van der Waals surface area contributed by atoms with Crippen molar-refractivity contribution in [3.05, 3.63) is 42.0 Å². The van der Waals surface area contributed by atoms with Crippen molar-refractivity contribution in [2.24, 2.45) is 5.73 Å². The number of carbonyl (C=O) groups excluding carboxylic acids is 1. The van der Waals surface area contributed by atoms with Crippen LogP contribution in [-0.4, -0.2) is 39.6 Å². The third kappa shape index (κ3) is 3.40. The summed E-state index contributed by atoms with van der Waals surface area (Å²) in [7, 11) is 0. The van der Waals surface area contributed by atoms with Crippen LogP contribution in [0.15, 0.2) is 34.9 Å². The molecule has 0 spiro atoms. The second kappa shape index (κ2) is 6.10. The summed E-state index contributed by atoms with van der Waals surface area (Å²) in [6.45, 7) is 1.37. The first-order valence-electron chi connectivity index (χ1n) is 7.41. The fraction of sp³-hybridized carbons (Fsp3) is 0.375. The van der Waals surface area contributed by atoms with Crippen LogP contribution in [0.25, 0.3) is 11.5 Å². The van der Waals surface area contributed by atoms with Gasteiger partial charge >= 0.3 is 0 Å². The van der Waals surface area contributed by atoms with Crippen LogP contribution in [-0.2, 0) is 11.3 Å². The lowest BCUT2D eigenvalue weighted by Crippen LogP contribution is -2.55.